The highest BCUT2D eigenvalue weighted by atomic mass is 15.4. The molecular formula is C16H15N9. The quantitative estimate of drug-likeness (QED) is 0.591. The van der Waals surface area contributed by atoms with E-state index in [0.717, 1.165) is 42.4 Å². The second-order valence-electron chi connectivity index (χ2n) is 6.07. The van der Waals surface area contributed by atoms with Gasteiger partial charge < -0.3 is 10.2 Å². The van der Waals surface area contributed by atoms with Crippen LogP contribution in [0.4, 0.5) is 11.6 Å². The molecule has 9 heteroatoms. The molecule has 0 spiro atoms. The zero-order chi connectivity index (χ0) is 16.6. The van der Waals surface area contributed by atoms with Crippen molar-refractivity contribution in [1.82, 2.24) is 34.8 Å². The molecule has 25 heavy (non-hydrogen) atoms. The SMILES string of the molecule is c1cnc2nc(NCC3CN(c4ccc5nncn5n4)C3)ccc2n1. The Morgan fingerprint density at radius 2 is 2.00 bits per heavy atom. The molecule has 1 aliphatic heterocycles. The number of fused-ring (bicyclic) bond motifs is 2. The van der Waals surface area contributed by atoms with Gasteiger partial charge in [0.05, 0.1) is 0 Å². The largest absolute Gasteiger partial charge is 0.370 e. The lowest BCUT2D eigenvalue weighted by molar-refractivity contribution is 0.424. The van der Waals surface area contributed by atoms with Gasteiger partial charge >= 0.3 is 0 Å². The molecule has 1 aliphatic rings. The third-order valence-electron chi connectivity index (χ3n) is 4.33. The van der Waals surface area contributed by atoms with Gasteiger partial charge in [0.15, 0.2) is 11.3 Å². The Bertz CT molecular complexity index is 1040. The Hall–Kier alpha value is -3.36. The minimum absolute atomic E-state index is 0.553. The van der Waals surface area contributed by atoms with E-state index in [1.165, 1.54) is 0 Å². The highest BCUT2D eigenvalue weighted by Gasteiger charge is 2.27. The minimum Gasteiger partial charge on any atom is -0.370 e. The first-order valence-electron chi connectivity index (χ1n) is 8.09. The molecule has 0 aromatic carbocycles. The molecule has 124 valence electrons. The predicted octanol–water partition coefficient (Wildman–Crippen LogP) is 1.01. The van der Waals surface area contributed by atoms with Crippen LogP contribution in [0.25, 0.3) is 16.8 Å². The van der Waals surface area contributed by atoms with Gasteiger partial charge in [0, 0.05) is 37.9 Å². The van der Waals surface area contributed by atoms with E-state index in [2.05, 4.69) is 40.5 Å². The van der Waals surface area contributed by atoms with E-state index in [-0.39, 0.29) is 0 Å². The lowest BCUT2D eigenvalue weighted by atomic mass is 10.0. The normalized spacial score (nSPS) is 14.8. The van der Waals surface area contributed by atoms with Gasteiger partial charge in [-0.25, -0.2) is 9.97 Å². The summed E-state index contributed by atoms with van der Waals surface area (Å²) >= 11 is 0. The highest BCUT2D eigenvalue weighted by molar-refractivity contribution is 5.71. The molecule has 0 bridgehead atoms. The maximum atomic E-state index is 4.51. The Balaban J connectivity index is 1.20. The van der Waals surface area contributed by atoms with Crippen LogP contribution in [0.3, 0.4) is 0 Å². The number of anilines is 2. The summed E-state index contributed by atoms with van der Waals surface area (Å²) in [4.78, 5) is 15.2. The molecule has 5 rings (SSSR count). The van der Waals surface area contributed by atoms with Gasteiger partial charge in [-0.05, 0) is 24.3 Å². The van der Waals surface area contributed by atoms with Gasteiger partial charge in [0.1, 0.15) is 23.5 Å². The van der Waals surface area contributed by atoms with Gasteiger partial charge in [-0.3, -0.25) is 4.98 Å². The van der Waals surface area contributed by atoms with Crippen molar-refractivity contribution in [2.75, 3.05) is 29.9 Å². The van der Waals surface area contributed by atoms with Crippen LogP contribution in [0, 0.1) is 5.92 Å². The Kier molecular flexibility index (Phi) is 3.15. The number of hydrogen-bond donors (Lipinski definition) is 1. The van der Waals surface area contributed by atoms with Crippen LogP contribution in [-0.4, -0.2) is 54.4 Å². The third kappa shape index (κ3) is 2.59. The molecule has 9 nitrogen and oxygen atoms in total. The summed E-state index contributed by atoms with van der Waals surface area (Å²) in [7, 11) is 0. The van der Waals surface area contributed by atoms with E-state index in [0.29, 0.717) is 11.6 Å². The van der Waals surface area contributed by atoms with Crippen LogP contribution in [-0.2, 0) is 0 Å². The van der Waals surface area contributed by atoms with Gasteiger partial charge in [-0.1, -0.05) is 0 Å². The fourth-order valence-corrected chi connectivity index (χ4v) is 2.97. The highest BCUT2D eigenvalue weighted by Crippen LogP contribution is 2.23. The molecule has 4 aromatic rings. The molecule has 0 aliphatic carbocycles. The average molecular weight is 333 g/mol. The standard InChI is InChI=1S/C16H15N9/c1-2-13(21-16-12(1)17-5-6-18-16)19-7-11-8-24(9-11)15-4-3-14-22-20-10-25(14)23-15/h1-6,10-11H,7-9H2,(H,18,19,21). The van der Waals surface area contributed by atoms with E-state index >= 15 is 0 Å². The Morgan fingerprint density at radius 1 is 1.08 bits per heavy atom. The van der Waals surface area contributed by atoms with Gasteiger partial charge in [0.25, 0.3) is 0 Å². The molecule has 0 atom stereocenters. The average Bonchev–Trinajstić information content (AvgIpc) is 3.08. The first kappa shape index (κ1) is 14.0. The van der Waals surface area contributed by atoms with Gasteiger partial charge in [-0.2, -0.15) is 4.52 Å². The molecule has 5 heterocycles. The van der Waals surface area contributed by atoms with Gasteiger partial charge in [-0.15, -0.1) is 15.3 Å². The predicted molar refractivity (Wildman–Crippen MR) is 92.3 cm³/mol. The maximum absolute atomic E-state index is 4.51. The number of nitrogens with one attached hydrogen (secondary N) is 1. The van der Waals surface area contributed by atoms with E-state index in [4.69, 9.17) is 0 Å². The van der Waals surface area contributed by atoms with E-state index in [1.54, 1.807) is 23.2 Å². The molecule has 0 radical (unpaired) electrons. The number of hydrogen-bond acceptors (Lipinski definition) is 8. The molecule has 0 saturated carbocycles. The summed E-state index contributed by atoms with van der Waals surface area (Å²) < 4.78 is 1.70. The lowest BCUT2D eigenvalue weighted by Gasteiger charge is -2.40. The van der Waals surface area contributed by atoms with Crippen molar-refractivity contribution in [2.45, 2.75) is 0 Å². The van der Waals surface area contributed by atoms with E-state index < -0.39 is 0 Å². The molecule has 4 aromatic heterocycles. The summed E-state index contributed by atoms with van der Waals surface area (Å²) in [5.74, 6) is 2.33. The van der Waals surface area contributed by atoms with Crippen LogP contribution < -0.4 is 10.2 Å². The van der Waals surface area contributed by atoms with Crippen molar-refractivity contribution < 1.29 is 0 Å². The fraction of sp³-hybridized carbons (Fsp3) is 0.250. The van der Waals surface area contributed by atoms with Crippen molar-refractivity contribution in [3.8, 4) is 0 Å². The molecule has 0 unspecified atom stereocenters. The summed E-state index contributed by atoms with van der Waals surface area (Å²) in [6.45, 7) is 2.78. The summed E-state index contributed by atoms with van der Waals surface area (Å²) in [6.07, 6.45) is 4.94. The minimum atomic E-state index is 0.553. The summed E-state index contributed by atoms with van der Waals surface area (Å²) in [5.41, 5.74) is 2.22. The number of rotatable bonds is 4. The first-order valence-corrected chi connectivity index (χ1v) is 8.09. The van der Waals surface area contributed by atoms with Crippen LogP contribution in [0.5, 0.6) is 0 Å². The Labute approximate surface area is 142 Å². The lowest BCUT2D eigenvalue weighted by Crippen LogP contribution is -2.50. The molecule has 1 fully saturated rings. The zero-order valence-corrected chi connectivity index (χ0v) is 13.3. The van der Waals surface area contributed by atoms with Gasteiger partial charge in [0.2, 0.25) is 0 Å². The van der Waals surface area contributed by atoms with Crippen LogP contribution in [0.15, 0.2) is 43.0 Å². The molecule has 0 amide bonds. The number of aromatic nitrogens is 7. The topological polar surface area (TPSA) is 97.0 Å². The second-order valence-corrected chi connectivity index (χ2v) is 6.07. The van der Waals surface area contributed by atoms with Crippen molar-refractivity contribution in [2.24, 2.45) is 5.92 Å². The van der Waals surface area contributed by atoms with Crippen LogP contribution >= 0.6 is 0 Å². The fourth-order valence-electron chi connectivity index (χ4n) is 2.97. The second kappa shape index (κ2) is 5.62. The van der Waals surface area contributed by atoms with Crippen molar-refractivity contribution >= 4 is 28.4 Å². The van der Waals surface area contributed by atoms with Crippen molar-refractivity contribution in [3.05, 3.63) is 43.0 Å². The number of nitrogens with zero attached hydrogens (tertiary/aromatic N) is 8. The smallest absolute Gasteiger partial charge is 0.180 e. The maximum Gasteiger partial charge on any atom is 0.180 e. The van der Waals surface area contributed by atoms with Crippen LogP contribution in [0.2, 0.25) is 0 Å². The molecular weight excluding hydrogens is 318 g/mol. The van der Waals surface area contributed by atoms with Crippen molar-refractivity contribution in [1.29, 1.82) is 0 Å². The third-order valence-corrected chi connectivity index (χ3v) is 4.33. The van der Waals surface area contributed by atoms with Crippen LogP contribution in [0.1, 0.15) is 0 Å². The molecule has 1 saturated heterocycles. The zero-order valence-electron chi connectivity index (χ0n) is 13.3. The first-order chi connectivity index (χ1) is 12.3. The molecule has 1 N–H and O–H groups in total. The monoisotopic (exact) mass is 333 g/mol. The summed E-state index contributed by atoms with van der Waals surface area (Å²) in [6, 6.07) is 7.79. The van der Waals surface area contributed by atoms with E-state index in [9.17, 15) is 0 Å². The van der Waals surface area contributed by atoms with Crippen molar-refractivity contribution in [3.63, 3.8) is 0 Å². The number of pyridine rings is 1. The Morgan fingerprint density at radius 3 is 2.96 bits per heavy atom. The van der Waals surface area contributed by atoms with E-state index in [1.807, 2.05) is 24.3 Å². The summed E-state index contributed by atoms with van der Waals surface area (Å²) in [5, 5.41) is 15.7.